The number of benzene rings is 1. The summed E-state index contributed by atoms with van der Waals surface area (Å²) in [4.78, 5) is 15.0. The van der Waals surface area contributed by atoms with Crippen molar-refractivity contribution in [2.45, 2.75) is 6.18 Å². The molecule has 0 bridgehead atoms. The standard InChI is InChI=1S/C12H9F3N2O2/c1-19-11(18)8-9(16)6-4-2-3-5-7(6)17-10(8)12(13,14)15/h2-5H,1H3,(H2,16,17). The number of rotatable bonds is 1. The number of nitrogen functional groups attached to an aromatic ring is 1. The van der Waals surface area contributed by atoms with Crippen molar-refractivity contribution in [3.05, 3.63) is 35.5 Å². The van der Waals surface area contributed by atoms with E-state index in [2.05, 4.69) is 9.72 Å². The van der Waals surface area contributed by atoms with Crippen LogP contribution >= 0.6 is 0 Å². The summed E-state index contributed by atoms with van der Waals surface area (Å²) in [6.07, 6.45) is -4.79. The molecule has 19 heavy (non-hydrogen) atoms. The Hall–Kier alpha value is -2.31. The van der Waals surface area contributed by atoms with Crippen molar-refractivity contribution in [1.29, 1.82) is 0 Å². The average Bonchev–Trinajstić information content (AvgIpc) is 2.37. The second-order valence-electron chi connectivity index (χ2n) is 3.76. The molecule has 0 saturated carbocycles. The third-order valence-electron chi connectivity index (χ3n) is 2.59. The zero-order chi connectivity index (χ0) is 14.2. The molecule has 0 aliphatic carbocycles. The van der Waals surface area contributed by atoms with E-state index in [9.17, 15) is 18.0 Å². The van der Waals surface area contributed by atoms with E-state index >= 15 is 0 Å². The maximum absolute atomic E-state index is 12.9. The van der Waals surface area contributed by atoms with Crippen LogP contribution in [0.15, 0.2) is 24.3 Å². The van der Waals surface area contributed by atoms with Gasteiger partial charge in [-0.05, 0) is 6.07 Å². The molecule has 0 unspecified atom stereocenters. The lowest BCUT2D eigenvalue weighted by Gasteiger charge is -2.14. The average molecular weight is 270 g/mol. The normalized spacial score (nSPS) is 11.6. The second-order valence-corrected chi connectivity index (χ2v) is 3.76. The predicted molar refractivity (Wildman–Crippen MR) is 62.5 cm³/mol. The topological polar surface area (TPSA) is 65.2 Å². The largest absolute Gasteiger partial charge is 0.465 e. The fourth-order valence-electron chi connectivity index (χ4n) is 1.75. The van der Waals surface area contributed by atoms with Gasteiger partial charge in [0.05, 0.1) is 18.3 Å². The van der Waals surface area contributed by atoms with Crippen LogP contribution in [0.25, 0.3) is 10.9 Å². The Morgan fingerprint density at radius 2 is 1.95 bits per heavy atom. The first-order valence-electron chi connectivity index (χ1n) is 5.20. The molecular weight excluding hydrogens is 261 g/mol. The number of nitrogens with zero attached hydrogens (tertiary/aromatic N) is 1. The van der Waals surface area contributed by atoms with E-state index in [0.717, 1.165) is 7.11 Å². The molecule has 4 nitrogen and oxygen atoms in total. The number of halogens is 3. The number of ether oxygens (including phenoxy) is 1. The first-order valence-corrected chi connectivity index (χ1v) is 5.20. The lowest BCUT2D eigenvalue weighted by atomic mass is 10.1. The van der Waals surface area contributed by atoms with Crippen molar-refractivity contribution < 1.29 is 22.7 Å². The van der Waals surface area contributed by atoms with Crippen molar-refractivity contribution in [2.75, 3.05) is 12.8 Å². The van der Waals surface area contributed by atoms with Gasteiger partial charge in [0.25, 0.3) is 0 Å². The van der Waals surface area contributed by atoms with E-state index in [0.29, 0.717) is 0 Å². The Balaban J connectivity index is 2.89. The van der Waals surface area contributed by atoms with Crippen LogP contribution in [-0.4, -0.2) is 18.1 Å². The minimum absolute atomic E-state index is 0.0694. The quantitative estimate of drug-likeness (QED) is 0.809. The maximum Gasteiger partial charge on any atom is 0.434 e. The molecule has 0 spiro atoms. The number of para-hydroxylation sites is 1. The van der Waals surface area contributed by atoms with Gasteiger partial charge in [0.15, 0.2) is 5.69 Å². The van der Waals surface area contributed by atoms with Crippen LogP contribution in [0, 0.1) is 0 Å². The molecule has 0 aliphatic rings. The molecule has 0 amide bonds. The summed E-state index contributed by atoms with van der Waals surface area (Å²) in [6, 6.07) is 6.01. The molecule has 1 aromatic heterocycles. The fourth-order valence-corrected chi connectivity index (χ4v) is 1.75. The summed E-state index contributed by atoms with van der Waals surface area (Å²) in [6.45, 7) is 0. The van der Waals surface area contributed by atoms with Crippen LogP contribution in [0.5, 0.6) is 0 Å². The Kier molecular flexibility index (Phi) is 3.05. The number of nitrogens with two attached hydrogens (primary N) is 1. The number of aromatic nitrogens is 1. The number of hydrogen-bond acceptors (Lipinski definition) is 4. The van der Waals surface area contributed by atoms with Gasteiger partial charge < -0.3 is 10.5 Å². The van der Waals surface area contributed by atoms with Crippen LogP contribution < -0.4 is 5.73 Å². The molecule has 0 radical (unpaired) electrons. The van der Waals surface area contributed by atoms with Gasteiger partial charge in [-0.25, -0.2) is 9.78 Å². The van der Waals surface area contributed by atoms with E-state index in [4.69, 9.17) is 5.73 Å². The number of anilines is 1. The van der Waals surface area contributed by atoms with Gasteiger partial charge in [-0.1, -0.05) is 18.2 Å². The van der Waals surface area contributed by atoms with Crippen molar-refractivity contribution in [3.8, 4) is 0 Å². The summed E-state index contributed by atoms with van der Waals surface area (Å²) in [5.74, 6) is -1.16. The Morgan fingerprint density at radius 1 is 1.32 bits per heavy atom. The number of carbonyl (C=O) groups is 1. The molecule has 100 valence electrons. The number of esters is 1. The maximum atomic E-state index is 12.9. The first-order chi connectivity index (χ1) is 8.86. The third-order valence-corrected chi connectivity index (χ3v) is 2.59. The molecule has 0 aliphatic heterocycles. The van der Waals surface area contributed by atoms with Crippen LogP contribution in [0.4, 0.5) is 18.9 Å². The van der Waals surface area contributed by atoms with E-state index in [1.54, 1.807) is 6.07 Å². The monoisotopic (exact) mass is 270 g/mol. The van der Waals surface area contributed by atoms with Crippen LogP contribution in [0.1, 0.15) is 16.1 Å². The number of alkyl halides is 3. The van der Waals surface area contributed by atoms with Gasteiger partial charge in [0.2, 0.25) is 0 Å². The highest BCUT2D eigenvalue weighted by molar-refractivity contribution is 6.05. The van der Waals surface area contributed by atoms with E-state index in [-0.39, 0.29) is 16.6 Å². The smallest absolute Gasteiger partial charge is 0.434 e. The van der Waals surface area contributed by atoms with Gasteiger partial charge in [0, 0.05) is 5.39 Å². The minimum Gasteiger partial charge on any atom is -0.465 e. The molecule has 2 aromatic rings. The lowest BCUT2D eigenvalue weighted by molar-refractivity contribution is -0.141. The SMILES string of the molecule is COC(=O)c1c(C(F)(F)F)nc2ccccc2c1N. The fraction of sp³-hybridized carbons (Fsp3) is 0.167. The molecule has 2 N–H and O–H groups in total. The zero-order valence-corrected chi connectivity index (χ0v) is 9.78. The van der Waals surface area contributed by atoms with Crippen molar-refractivity contribution in [2.24, 2.45) is 0 Å². The summed E-state index contributed by atoms with van der Waals surface area (Å²) in [5, 5.41) is 0.274. The highest BCUT2D eigenvalue weighted by atomic mass is 19.4. The van der Waals surface area contributed by atoms with Crippen molar-refractivity contribution in [1.82, 2.24) is 4.98 Å². The Bertz CT molecular complexity index is 653. The van der Waals surface area contributed by atoms with Crippen LogP contribution in [0.2, 0.25) is 0 Å². The van der Waals surface area contributed by atoms with Crippen LogP contribution in [0.3, 0.4) is 0 Å². The van der Waals surface area contributed by atoms with E-state index in [1.807, 2.05) is 0 Å². The number of fused-ring (bicyclic) bond motifs is 1. The van der Waals surface area contributed by atoms with Gasteiger partial charge in [0.1, 0.15) is 5.56 Å². The third kappa shape index (κ3) is 2.18. The van der Waals surface area contributed by atoms with Gasteiger partial charge in [-0.15, -0.1) is 0 Å². The summed E-state index contributed by atoms with van der Waals surface area (Å²) < 4.78 is 43.1. The molecule has 7 heteroatoms. The summed E-state index contributed by atoms with van der Waals surface area (Å²) >= 11 is 0. The molecule has 0 atom stereocenters. The Morgan fingerprint density at radius 3 is 2.53 bits per heavy atom. The second kappa shape index (κ2) is 4.42. The first kappa shape index (κ1) is 13.1. The molecule has 1 aromatic carbocycles. The lowest BCUT2D eigenvalue weighted by Crippen LogP contribution is -2.19. The predicted octanol–water partition coefficient (Wildman–Crippen LogP) is 2.62. The molecular formula is C12H9F3N2O2. The van der Waals surface area contributed by atoms with Crippen LogP contribution in [-0.2, 0) is 10.9 Å². The summed E-state index contributed by atoms with van der Waals surface area (Å²) in [5.41, 5.74) is 3.34. The zero-order valence-electron chi connectivity index (χ0n) is 9.78. The number of hydrogen-bond donors (Lipinski definition) is 1. The Labute approximate surface area is 106 Å². The van der Waals surface area contributed by atoms with E-state index in [1.165, 1.54) is 18.2 Å². The highest BCUT2D eigenvalue weighted by Crippen LogP contribution is 2.36. The molecule has 1 heterocycles. The van der Waals surface area contributed by atoms with Gasteiger partial charge >= 0.3 is 12.1 Å². The number of methoxy groups -OCH3 is 1. The number of pyridine rings is 1. The number of carbonyl (C=O) groups excluding carboxylic acids is 1. The summed E-state index contributed by atoms with van der Waals surface area (Å²) in [7, 11) is 0.983. The highest BCUT2D eigenvalue weighted by Gasteiger charge is 2.39. The minimum atomic E-state index is -4.79. The molecule has 0 fully saturated rings. The molecule has 2 rings (SSSR count). The van der Waals surface area contributed by atoms with Gasteiger partial charge in [-0.2, -0.15) is 13.2 Å². The van der Waals surface area contributed by atoms with E-state index < -0.39 is 23.4 Å². The van der Waals surface area contributed by atoms with Gasteiger partial charge in [-0.3, -0.25) is 0 Å². The van der Waals surface area contributed by atoms with Crippen molar-refractivity contribution in [3.63, 3.8) is 0 Å². The molecule has 0 saturated heterocycles. The van der Waals surface area contributed by atoms with Crippen molar-refractivity contribution >= 4 is 22.6 Å².